The van der Waals surface area contributed by atoms with Gasteiger partial charge in [0.15, 0.2) is 0 Å². The van der Waals surface area contributed by atoms with Crippen LogP contribution in [-0.4, -0.2) is 11.6 Å². The number of ether oxygens (including phenoxy) is 1. The van der Waals surface area contributed by atoms with Gasteiger partial charge < -0.3 is 10.1 Å². The van der Waals surface area contributed by atoms with Gasteiger partial charge in [-0.2, -0.15) is 5.26 Å². The lowest BCUT2D eigenvalue weighted by atomic mass is 9.78. The molecule has 1 aliphatic rings. The molecule has 0 spiro atoms. The number of hydrogen-bond acceptors (Lipinski definition) is 4. The first kappa shape index (κ1) is 22.0. The fraction of sp³-hybridized carbons (Fsp3) is 0.478. The summed E-state index contributed by atoms with van der Waals surface area (Å²) in [5.41, 5.74) is 2.77. The Hall–Kier alpha value is -2.25. The molecule has 0 fully saturated rings. The first-order valence-electron chi connectivity index (χ1n) is 9.42. The largest absolute Gasteiger partial charge is 0.457 e. The first-order valence-corrected chi connectivity index (χ1v) is 9.80. The molecule has 150 valence electrons. The Morgan fingerprint density at radius 2 is 1.75 bits per heavy atom. The summed E-state index contributed by atoms with van der Waals surface area (Å²) in [5.74, 6) is -0.907. The Morgan fingerprint density at radius 1 is 1.18 bits per heavy atom. The Balaban J connectivity index is 2.64. The van der Waals surface area contributed by atoms with Crippen LogP contribution in [-0.2, 0) is 9.53 Å². The van der Waals surface area contributed by atoms with E-state index in [0.29, 0.717) is 28.3 Å². The number of hydrogen-bond donors (Lipinski definition) is 1. The number of dihydropyridines is 1. The average Bonchev–Trinajstić information content (AvgIpc) is 2.51. The number of carbonyl (C=O) groups is 1. The van der Waals surface area contributed by atoms with Crippen molar-refractivity contribution < 1.29 is 9.53 Å². The number of esters is 1. The van der Waals surface area contributed by atoms with E-state index in [1.54, 1.807) is 12.1 Å². The third-order valence-electron chi connectivity index (χ3n) is 4.29. The van der Waals surface area contributed by atoms with Gasteiger partial charge in [-0.1, -0.05) is 44.5 Å². The second-order valence-corrected chi connectivity index (χ2v) is 9.83. The Labute approximate surface area is 173 Å². The molecule has 1 aliphatic heterocycles. The minimum absolute atomic E-state index is 0.0152. The molecule has 0 aliphatic carbocycles. The number of allylic oxidation sites excluding steroid dienone is 3. The summed E-state index contributed by atoms with van der Waals surface area (Å²) in [4.78, 5) is 13.1. The molecule has 28 heavy (non-hydrogen) atoms. The van der Waals surface area contributed by atoms with Crippen molar-refractivity contribution in [1.82, 2.24) is 5.32 Å². The predicted octanol–water partition coefficient (Wildman–Crippen LogP) is 5.86. The van der Waals surface area contributed by atoms with Gasteiger partial charge in [0.25, 0.3) is 0 Å². The van der Waals surface area contributed by atoms with Crippen LogP contribution >= 0.6 is 11.6 Å². The van der Waals surface area contributed by atoms with E-state index in [1.807, 2.05) is 39.8 Å². The predicted molar refractivity (Wildman–Crippen MR) is 113 cm³/mol. The van der Waals surface area contributed by atoms with Crippen molar-refractivity contribution in [2.75, 3.05) is 0 Å². The van der Waals surface area contributed by atoms with Crippen LogP contribution in [0.1, 0.15) is 66.4 Å². The van der Waals surface area contributed by atoms with Gasteiger partial charge in [0.1, 0.15) is 5.60 Å². The number of benzene rings is 1. The van der Waals surface area contributed by atoms with E-state index in [9.17, 15) is 10.1 Å². The van der Waals surface area contributed by atoms with Crippen molar-refractivity contribution in [2.45, 2.75) is 66.4 Å². The standard InChI is InChI=1S/C23H29ClN2O2/c1-14-19(21(27)28-23(5,6)7)20(15-8-10-16(24)11-9-15)17(13-25)18(26-14)12-22(2,3)4/h8-11,20,26H,12H2,1-7H3. The zero-order valence-corrected chi connectivity index (χ0v) is 18.5. The smallest absolute Gasteiger partial charge is 0.337 e. The number of carbonyl (C=O) groups excluding carboxylic acids is 1. The van der Waals surface area contributed by atoms with Crippen molar-refractivity contribution in [2.24, 2.45) is 5.41 Å². The first-order chi connectivity index (χ1) is 12.8. The van der Waals surface area contributed by atoms with Crippen LogP contribution in [0.5, 0.6) is 0 Å². The molecule has 1 unspecified atom stereocenters. The summed E-state index contributed by atoms with van der Waals surface area (Å²) in [6.45, 7) is 13.7. The molecule has 1 atom stereocenters. The molecule has 0 amide bonds. The maximum absolute atomic E-state index is 13.1. The summed E-state index contributed by atoms with van der Waals surface area (Å²) in [7, 11) is 0. The highest BCUT2D eigenvalue weighted by atomic mass is 35.5. The van der Waals surface area contributed by atoms with Crippen LogP contribution in [0.25, 0.3) is 0 Å². The van der Waals surface area contributed by atoms with E-state index in [1.165, 1.54) is 0 Å². The van der Waals surface area contributed by atoms with E-state index in [-0.39, 0.29) is 5.41 Å². The van der Waals surface area contributed by atoms with Gasteiger partial charge in [0, 0.05) is 16.4 Å². The third-order valence-corrected chi connectivity index (χ3v) is 4.55. The fourth-order valence-electron chi connectivity index (χ4n) is 3.29. The average molecular weight is 401 g/mol. The monoisotopic (exact) mass is 400 g/mol. The van der Waals surface area contributed by atoms with Crippen LogP contribution < -0.4 is 5.32 Å². The van der Waals surface area contributed by atoms with Crippen molar-refractivity contribution in [3.63, 3.8) is 0 Å². The number of rotatable bonds is 3. The topological polar surface area (TPSA) is 62.1 Å². The molecule has 0 saturated heterocycles. The summed E-state index contributed by atoms with van der Waals surface area (Å²) in [6, 6.07) is 9.63. The summed E-state index contributed by atoms with van der Waals surface area (Å²) >= 11 is 6.06. The molecule has 0 radical (unpaired) electrons. The molecular weight excluding hydrogens is 372 g/mol. The molecule has 0 aromatic heterocycles. The molecule has 1 aromatic rings. The number of nitriles is 1. The molecule has 0 bridgehead atoms. The molecule has 0 saturated carbocycles. The summed E-state index contributed by atoms with van der Waals surface area (Å²) in [5, 5.41) is 13.9. The van der Waals surface area contributed by atoms with Crippen LogP contribution in [0.15, 0.2) is 46.8 Å². The van der Waals surface area contributed by atoms with Crippen molar-refractivity contribution in [3.8, 4) is 6.07 Å². The lowest BCUT2D eigenvalue weighted by Gasteiger charge is -2.33. The van der Waals surface area contributed by atoms with E-state index >= 15 is 0 Å². The van der Waals surface area contributed by atoms with Crippen LogP contribution in [0.4, 0.5) is 0 Å². The molecule has 1 N–H and O–H groups in total. The maximum atomic E-state index is 13.1. The van der Waals surface area contributed by atoms with Crippen LogP contribution in [0.3, 0.4) is 0 Å². The zero-order valence-electron chi connectivity index (χ0n) is 17.7. The van der Waals surface area contributed by atoms with Gasteiger partial charge in [-0.05, 0) is 57.2 Å². The highest BCUT2D eigenvalue weighted by Crippen LogP contribution is 2.41. The van der Waals surface area contributed by atoms with Gasteiger partial charge in [-0.15, -0.1) is 0 Å². The van der Waals surface area contributed by atoms with Gasteiger partial charge in [-0.3, -0.25) is 0 Å². The Bertz CT molecular complexity index is 860. The second kappa shape index (κ2) is 8.01. The molecule has 1 heterocycles. The van der Waals surface area contributed by atoms with Gasteiger partial charge >= 0.3 is 5.97 Å². The molecule has 5 heteroatoms. The number of halogens is 1. The third kappa shape index (κ3) is 5.39. The Morgan fingerprint density at radius 3 is 2.21 bits per heavy atom. The van der Waals surface area contributed by atoms with E-state index < -0.39 is 17.5 Å². The van der Waals surface area contributed by atoms with Crippen molar-refractivity contribution >= 4 is 17.6 Å². The van der Waals surface area contributed by atoms with E-state index in [2.05, 4.69) is 32.2 Å². The van der Waals surface area contributed by atoms with E-state index in [0.717, 1.165) is 11.3 Å². The fourth-order valence-corrected chi connectivity index (χ4v) is 3.42. The second-order valence-electron chi connectivity index (χ2n) is 9.39. The zero-order chi connectivity index (χ0) is 21.3. The quantitative estimate of drug-likeness (QED) is 0.645. The number of nitrogens with zero attached hydrogens (tertiary/aromatic N) is 1. The van der Waals surface area contributed by atoms with E-state index in [4.69, 9.17) is 16.3 Å². The van der Waals surface area contributed by atoms with Crippen LogP contribution in [0.2, 0.25) is 5.02 Å². The molecule has 2 rings (SSSR count). The highest BCUT2D eigenvalue weighted by Gasteiger charge is 2.37. The SMILES string of the molecule is CC1=C(C(=O)OC(C)(C)C)C(c2ccc(Cl)cc2)C(C#N)=C(CC(C)(C)C)N1. The highest BCUT2D eigenvalue weighted by molar-refractivity contribution is 6.30. The summed E-state index contributed by atoms with van der Waals surface area (Å²) in [6.07, 6.45) is 0.693. The van der Waals surface area contributed by atoms with Crippen LogP contribution in [0, 0.1) is 16.7 Å². The van der Waals surface area contributed by atoms with Crippen molar-refractivity contribution in [3.05, 3.63) is 57.4 Å². The number of nitrogens with one attached hydrogen (secondary N) is 1. The lowest BCUT2D eigenvalue weighted by Crippen LogP contribution is -2.34. The Kier molecular flexibility index (Phi) is 6.31. The summed E-state index contributed by atoms with van der Waals surface area (Å²) < 4.78 is 5.66. The lowest BCUT2D eigenvalue weighted by molar-refractivity contribution is -0.150. The van der Waals surface area contributed by atoms with Gasteiger partial charge in [0.2, 0.25) is 0 Å². The molecular formula is C23H29ClN2O2. The van der Waals surface area contributed by atoms with Crippen molar-refractivity contribution in [1.29, 1.82) is 5.26 Å². The minimum atomic E-state index is -0.628. The maximum Gasteiger partial charge on any atom is 0.337 e. The minimum Gasteiger partial charge on any atom is -0.457 e. The van der Waals surface area contributed by atoms with Gasteiger partial charge in [0.05, 0.1) is 23.1 Å². The van der Waals surface area contributed by atoms with Gasteiger partial charge in [-0.25, -0.2) is 4.79 Å². The molecule has 4 nitrogen and oxygen atoms in total. The molecule has 1 aromatic carbocycles. The normalized spacial score (nSPS) is 17.9.